The summed E-state index contributed by atoms with van der Waals surface area (Å²) in [6.07, 6.45) is 0.678. The molecule has 5 N–H and O–H groups in total. The lowest BCUT2D eigenvalue weighted by atomic mass is 10.2. The predicted molar refractivity (Wildman–Crippen MR) is 74.8 cm³/mol. The Kier molecular flexibility index (Phi) is 5.40. The topological polar surface area (TPSA) is 117 Å². The molecule has 1 aromatic carbocycles. The quantitative estimate of drug-likeness (QED) is 0.272. The summed E-state index contributed by atoms with van der Waals surface area (Å²) in [5, 5.41) is 11.5. The van der Waals surface area contributed by atoms with Gasteiger partial charge < -0.3 is 10.9 Å². The van der Waals surface area contributed by atoms with Crippen molar-refractivity contribution in [1.29, 1.82) is 0 Å². The highest BCUT2D eigenvalue weighted by atomic mass is 35.5. The molecule has 0 heterocycles. The molecule has 0 aliphatic rings. The number of nitrogens with zero attached hydrogens (tertiary/aromatic N) is 1. The Bertz CT molecular complexity index is 574. The maximum atomic E-state index is 11.6. The molecule has 1 rings (SSSR count). The number of benzene rings is 1. The monoisotopic (exact) mass is 306 g/mol. The lowest BCUT2D eigenvalue weighted by molar-refractivity contribution is 0.318. The molecule has 0 fully saturated rings. The number of nitrogens with two attached hydrogens (primary N) is 1. The second-order valence-electron chi connectivity index (χ2n) is 3.68. The summed E-state index contributed by atoms with van der Waals surface area (Å²) in [6.45, 7) is 2.18. The molecular weight excluding hydrogens is 292 g/mol. The third-order valence-electron chi connectivity index (χ3n) is 2.16. The third kappa shape index (κ3) is 4.58. The van der Waals surface area contributed by atoms with Crippen LogP contribution in [0.4, 0.5) is 5.69 Å². The predicted octanol–water partition coefficient (Wildman–Crippen LogP) is 1.09. The molecule has 0 saturated carbocycles. The third-order valence-corrected chi connectivity index (χ3v) is 3.54. The zero-order valence-corrected chi connectivity index (χ0v) is 11.8. The SMILES string of the molecule is CCCNS(=O)(=O)Nc1ccc(/C(N)=N/O)cc1Cl. The second kappa shape index (κ2) is 6.60. The highest BCUT2D eigenvalue weighted by Gasteiger charge is 2.12. The van der Waals surface area contributed by atoms with Crippen LogP contribution in [0.25, 0.3) is 0 Å². The van der Waals surface area contributed by atoms with Crippen LogP contribution in [0, 0.1) is 0 Å². The number of amidine groups is 1. The van der Waals surface area contributed by atoms with Gasteiger partial charge in [-0.15, -0.1) is 0 Å². The molecule has 0 bridgehead atoms. The fourth-order valence-corrected chi connectivity index (χ4v) is 2.53. The van der Waals surface area contributed by atoms with Crippen molar-refractivity contribution in [2.45, 2.75) is 13.3 Å². The molecule has 0 saturated heterocycles. The number of halogens is 1. The van der Waals surface area contributed by atoms with Gasteiger partial charge in [-0.05, 0) is 24.6 Å². The van der Waals surface area contributed by atoms with E-state index in [9.17, 15) is 8.42 Å². The Morgan fingerprint density at radius 1 is 1.53 bits per heavy atom. The van der Waals surface area contributed by atoms with Crippen LogP contribution in [0.2, 0.25) is 5.02 Å². The Balaban J connectivity index is 2.92. The molecule has 19 heavy (non-hydrogen) atoms. The van der Waals surface area contributed by atoms with Crippen LogP contribution in [0.5, 0.6) is 0 Å². The Morgan fingerprint density at radius 3 is 2.74 bits per heavy atom. The summed E-state index contributed by atoms with van der Waals surface area (Å²) in [5.41, 5.74) is 5.99. The molecule has 0 unspecified atom stereocenters. The van der Waals surface area contributed by atoms with Gasteiger partial charge in [0.15, 0.2) is 5.84 Å². The van der Waals surface area contributed by atoms with Crippen molar-refractivity contribution in [3.05, 3.63) is 28.8 Å². The standard InChI is InChI=1S/C10H15ClN4O3S/c1-2-5-13-19(17,18)15-9-4-3-7(6-8(9)11)10(12)14-16/h3-4,6,13,15-16H,2,5H2,1H3,(H2,12,14). The lowest BCUT2D eigenvalue weighted by Crippen LogP contribution is -2.30. The highest BCUT2D eigenvalue weighted by molar-refractivity contribution is 7.90. The van der Waals surface area contributed by atoms with Crippen molar-refractivity contribution in [2.75, 3.05) is 11.3 Å². The number of rotatable bonds is 6. The van der Waals surface area contributed by atoms with E-state index in [0.717, 1.165) is 0 Å². The van der Waals surface area contributed by atoms with E-state index in [1.807, 2.05) is 6.92 Å². The average molecular weight is 307 g/mol. The lowest BCUT2D eigenvalue weighted by Gasteiger charge is -2.10. The van der Waals surface area contributed by atoms with Crippen LogP contribution in [-0.4, -0.2) is 26.0 Å². The molecule has 7 nitrogen and oxygen atoms in total. The van der Waals surface area contributed by atoms with Gasteiger partial charge >= 0.3 is 0 Å². The number of nitrogens with one attached hydrogen (secondary N) is 2. The Hall–Kier alpha value is -1.51. The van der Waals surface area contributed by atoms with Crippen molar-refractivity contribution in [1.82, 2.24) is 4.72 Å². The molecule has 0 aliphatic heterocycles. The molecule has 0 aromatic heterocycles. The molecular formula is C10H15ClN4O3S. The van der Waals surface area contributed by atoms with Crippen LogP contribution < -0.4 is 15.2 Å². The van der Waals surface area contributed by atoms with E-state index >= 15 is 0 Å². The van der Waals surface area contributed by atoms with E-state index in [0.29, 0.717) is 18.5 Å². The van der Waals surface area contributed by atoms with Crippen LogP contribution in [0.3, 0.4) is 0 Å². The summed E-state index contributed by atoms with van der Waals surface area (Å²) in [4.78, 5) is 0. The summed E-state index contributed by atoms with van der Waals surface area (Å²) in [5.74, 6) is -0.111. The van der Waals surface area contributed by atoms with Crippen molar-refractivity contribution in [3.63, 3.8) is 0 Å². The highest BCUT2D eigenvalue weighted by Crippen LogP contribution is 2.23. The first-order valence-electron chi connectivity index (χ1n) is 5.44. The first-order chi connectivity index (χ1) is 8.89. The van der Waals surface area contributed by atoms with E-state index in [2.05, 4.69) is 14.6 Å². The Labute approximate surface area is 116 Å². The Morgan fingerprint density at radius 2 is 2.21 bits per heavy atom. The zero-order chi connectivity index (χ0) is 14.5. The molecule has 0 aliphatic carbocycles. The first-order valence-corrected chi connectivity index (χ1v) is 7.30. The fraction of sp³-hybridized carbons (Fsp3) is 0.300. The molecule has 0 amide bonds. The van der Waals surface area contributed by atoms with Gasteiger partial charge in [-0.1, -0.05) is 23.7 Å². The number of oxime groups is 1. The van der Waals surface area contributed by atoms with Crippen LogP contribution in [0.1, 0.15) is 18.9 Å². The van der Waals surface area contributed by atoms with Gasteiger partial charge in [-0.2, -0.15) is 13.1 Å². The van der Waals surface area contributed by atoms with Crippen molar-refractivity contribution in [2.24, 2.45) is 10.9 Å². The van der Waals surface area contributed by atoms with Crippen LogP contribution in [0.15, 0.2) is 23.4 Å². The van der Waals surface area contributed by atoms with Gasteiger partial charge in [-0.3, -0.25) is 4.72 Å². The summed E-state index contributed by atoms with van der Waals surface area (Å²) < 4.78 is 27.9. The molecule has 106 valence electrons. The normalized spacial score (nSPS) is 12.4. The number of hydrogen-bond donors (Lipinski definition) is 4. The molecule has 9 heteroatoms. The maximum absolute atomic E-state index is 11.6. The molecule has 0 spiro atoms. The smallest absolute Gasteiger partial charge is 0.299 e. The van der Waals surface area contributed by atoms with Crippen LogP contribution >= 0.6 is 11.6 Å². The van der Waals surface area contributed by atoms with Gasteiger partial charge in [0.05, 0.1) is 10.7 Å². The van der Waals surface area contributed by atoms with Gasteiger partial charge in [0.1, 0.15) is 0 Å². The van der Waals surface area contributed by atoms with Crippen molar-refractivity contribution >= 4 is 33.3 Å². The number of hydrogen-bond acceptors (Lipinski definition) is 4. The van der Waals surface area contributed by atoms with E-state index in [4.69, 9.17) is 22.5 Å². The van der Waals surface area contributed by atoms with E-state index in [1.54, 1.807) is 0 Å². The first kappa shape index (κ1) is 15.5. The molecule has 1 aromatic rings. The second-order valence-corrected chi connectivity index (χ2v) is 5.59. The maximum Gasteiger partial charge on any atom is 0.299 e. The number of anilines is 1. The fourth-order valence-electron chi connectivity index (χ4n) is 1.23. The summed E-state index contributed by atoms with van der Waals surface area (Å²) >= 11 is 5.92. The zero-order valence-electron chi connectivity index (χ0n) is 10.2. The molecule has 0 radical (unpaired) electrons. The minimum absolute atomic E-state index is 0.111. The minimum atomic E-state index is -3.65. The van der Waals surface area contributed by atoms with Gasteiger partial charge in [0.2, 0.25) is 0 Å². The van der Waals surface area contributed by atoms with Gasteiger partial charge in [-0.25, -0.2) is 0 Å². The summed E-state index contributed by atoms with van der Waals surface area (Å²) in [7, 11) is -3.65. The minimum Gasteiger partial charge on any atom is -0.409 e. The van der Waals surface area contributed by atoms with Crippen molar-refractivity contribution < 1.29 is 13.6 Å². The summed E-state index contributed by atoms with van der Waals surface area (Å²) in [6, 6.07) is 4.31. The van der Waals surface area contributed by atoms with E-state index < -0.39 is 10.2 Å². The largest absolute Gasteiger partial charge is 0.409 e. The van der Waals surface area contributed by atoms with E-state index in [1.165, 1.54) is 18.2 Å². The molecule has 0 atom stereocenters. The van der Waals surface area contributed by atoms with Crippen molar-refractivity contribution in [3.8, 4) is 0 Å². The van der Waals surface area contributed by atoms with Gasteiger partial charge in [0, 0.05) is 12.1 Å². The van der Waals surface area contributed by atoms with Crippen LogP contribution in [-0.2, 0) is 10.2 Å². The van der Waals surface area contributed by atoms with Gasteiger partial charge in [0.25, 0.3) is 10.2 Å². The average Bonchev–Trinajstić information content (AvgIpc) is 2.37. The van der Waals surface area contributed by atoms with E-state index in [-0.39, 0.29) is 16.5 Å².